The maximum atomic E-state index is 9.47. The Labute approximate surface area is 75.4 Å². The fourth-order valence-corrected chi connectivity index (χ4v) is 1.96. The fraction of sp³-hybridized carbons (Fsp3) is 1.00. The van der Waals surface area contributed by atoms with Gasteiger partial charge in [-0.2, -0.15) is 0 Å². The van der Waals surface area contributed by atoms with Crippen LogP contribution in [0.25, 0.3) is 0 Å². The lowest BCUT2D eigenvalue weighted by Crippen LogP contribution is -2.44. The molecule has 2 nitrogen and oxygen atoms in total. The molecule has 1 aliphatic rings. The number of rotatable bonds is 2. The van der Waals surface area contributed by atoms with Crippen LogP contribution in [0.4, 0.5) is 0 Å². The van der Waals surface area contributed by atoms with E-state index < -0.39 is 0 Å². The van der Waals surface area contributed by atoms with Gasteiger partial charge in [0.15, 0.2) is 0 Å². The van der Waals surface area contributed by atoms with Crippen LogP contribution >= 0.6 is 0 Å². The van der Waals surface area contributed by atoms with Crippen LogP contribution in [0.5, 0.6) is 0 Å². The Morgan fingerprint density at radius 3 is 2.58 bits per heavy atom. The normalized spacial score (nSPS) is 37.2. The largest absolute Gasteiger partial charge is 0.393 e. The second-order valence-electron chi connectivity index (χ2n) is 4.37. The van der Waals surface area contributed by atoms with Crippen molar-refractivity contribution in [3.63, 3.8) is 0 Å². The van der Waals surface area contributed by atoms with E-state index in [1.807, 2.05) is 0 Å². The Morgan fingerprint density at radius 2 is 2.00 bits per heavy atom. The SMILES string of the molecule is CC(C)NC1CC(O)CCC1C. The van der Waals surface area contributed by atoms with E-state index in [1.54, 1.807) is 0 Å². The summed E-state index contributed by atoms with van der Waals surface area (Å²) >= 11 is 0. The molecule has 1 fully saturated rings. The van der Waals surface area contributed by atoms with Crippen molar-refractivity contribution in [2.75, 3.05) is 0 Å². The zero-order valence-electron chi connectivity index (χ0n) is 8.38. The highest BCUT2D eigenvalue weighted by atomic mass is 16.3. The third kappa shape index (κ3) is 2.76. The van der Waals surface area contributed by atoms with Crippen molar-refractivity contribution in [2.45, 2.75) is 58.2 Å². The van der Waals surface area contributed by atoms with Gasteiger partial charge in [-0.05, 0) is 25.2 Å². The van der Waals surface area contributed by atoms with E-state index in [4.69, 9.17) is 0 Å². The summed E-state index contributed by atoms with van der Waals surface area (Å²) in [4.78, 5) is 0. The van der Waals surface area contributed by atoms with Gasteiger partial charge in [0.25, 0.3) is 0 Å². The first kappa shape index (κ1) is 10.0. The van der Waals surface area contributed by atoms with Gasteiger partial charge in [0.1, 0.15) is 0 Å². The van der Waals surface area contributed by atoms with Crippen LogP contribution in [-0.4, -0.2) is 23.3 Å². The minimum atomic E-state index is -0.0718. The van der Waals surface area contributed by atoms with E-state index in [2.05, 4.69) is 26.1 Å². The molecule has 0 aliphatic heterocycles. The molecule has 0 aromatic rings. The molecular formula is C10H21NO. The van der Waals surface area contributed by atoms with Crippen molar-refractivity contribution < 1.29 is 5.11 Å². The van der Waals surface area contributed by atoms with Gasteiger partial charge >= 0.3 is 0 Å². The molecule has 1 rings (SSSR count). The maximum Gasteiger partial charge on any atom is 0.0555 e. The molecule has 0 heterocycles. The van der Waals surface area contributed by atoms with Crippen LogP contribution in [0, 0.1) is 5.92 Å². The van der Waals surface area contributed by atoms with Gasteiger partial charge in [-0.25, -0.2) is 0 Å². The lowest BCUT2D eigenvalue weighted by Gasteiger charge is -2.33. The summed E-state index contributed by atoms with van der Waals surface area (Å²) in [5.41, 5.74) is 0. The Morgan fingerprint density at radius 1 is 1.33 bits per heavy atom. The predicted molar refractivity (Wildman–Crippen MR) is 51.1 cm³/mol. The lowest BCUT2D eigenvalue weighted by atomic mass is 9.84. The van der Waals surface area contributed by atoms with Crippen LogP contribution in [0.1, 0.15) is 40.0 Å². The van der Waals surface area contributed by atoms with E-state index in [0.29, 0.717) is 12.1 Å². The van der Waals surface area contributed by atoms with Crippen molar-refractivity contribution in [3.8, 4) is 0 Å². The molecule has 0 aromatic heterocycles. The number of nitrogens with one attached hydrogen (secondary N) is 1. The quantitative estimate of drug-likeness (QED) is 0.660. The first-order chi connectivity index (χ1) is 5.59. The summed E-state index contributed by atoms with van der Waals surface area (Å²) in [7, 11) is 0. The zero-order chi connectivity index (χ0) is 9.14. The van der Waals surface area contributed by atoms with Crippen LogP contribution < -0.4 is 5.32 Å². The summed E-state index contributed by atoms with van der Waals surface area (Å²) in [6, 6.07) is 1.05. The summed E-state index contributed by atoms with van der Waals surface area (Å²) in [5.74, 6) is 0.718. The highest BCUT2D eigenvalue weighted by Crippen LogP contribution is 2.24. The van der Waals surface area contributed by atoms with E-state index in [1.165, 1.54) is 0 Å². The predicted octanol–water partition coefficient (Wildman–Crippen LogP) is 1.53. The van der Waals surface area contributed by atoms with Crippen molar-refractivity contribution in [1.29, 1.82) is 0 Å². The first-order valence-corrected chi connectivity index (χ1v) is 5.03. The molecule has 1 aliphatic carbocycles. The highest BCUT2D eigenvalue weighted by Gasteiger charge is 2.26. The molecule has 0 amide bonds. The molecule has 72 valence electrons. The van der Waals surface area contributed by atoms with Crippen LogP contribution in [0.3, 0.4) is 0 Å². The topological polar surface area (TPSA) is 32.3 Å². The molecule has 0 spiro atoms. The first-order valence-electron chi connectivity index (χ1n) is 5.03. The molecule has 1 saturated carbocycles. The van der Waals surface area contributed by atoms with Gasteiger partial charge in [-0.3, -0.25) is 0 Å². The highest BCUT2D eigenvalue weighted by molar-refractivity contribution is 4.83. The third-order valence-corrected chi connectivity index (χ3v) is 2.72. The molecule has 3 atom stereocenters. The molecule has 0 radical (unpaired) electrons. The average Bonchev–Trinajstić information content (AvgIpc) is 1.96. The summed E-state index contributed by atoms with van der Waals surface area (Å²) in [6.45, 7) is 6.59. The fourth-order valence-electron chi connectivity index (χ4n) is 1.96. The second kappa shape index (κ2) is 4.24. The molecule has 0 aromatic carbocycles. The van der Waals surface area contributed by atoms with Gasteiger partial charge < -0.3 is 10.4 Å². The molecule has 2 N–H and O–H groups in total. The molecule has 2 heteroatoms. The van der Waals surface area contributed by atoms with Crippen LogP contribution in [0.2, 0.25) is 0 Å². The van der Waals surface area contributed by atoms with E-state index in [-0.39, 0.29) is 6.10 Å². The van der Waals surface area contributed by atoms with Gasteiger partial charge in [0.2, 0.25) is 0 Å². The minimum absolute atomic E-state index is 0.0718. The summed E-state index contributed by atoms with van der Waals surface area (Å²) < 4.78 is 0. The Kier molecular flexibility index (Phi) is 3.53. The van der Waals surface area contributed by atoms with Gasteiger partial charge in [-0.1, -0.05) is 20.8 Å². The Balaban J connectivity index is 2.38. The third-order valence-electron chi connectivity index (χ3n) is 2.72. The van der Waals surface area contributed by atoms with Crippen LogP contribution in [0.15, 0.2) is 0 Å². The number of hydrogen-bond donors (Lipinski definition) is 2. The Hall–Kier alpha value is -0.0800. The minimum Gasteiger partial charge on any atom is -0.393 e. The summed E-state index contributed by atoms with van der Waals surface area (Å²) in [6.07, 6.45) is 3.00. The van der Waals surface area contributed by atoms with Crippen molar-refractivity contribution in [1.82, 2.24) is 5.32 Å². The molecule has 0 bridgehead atoms. The molecule has 0 saturated heterocycles. The lowest BCUT2D eigenvalue weighted by molar-refractivity contribution is 0.0861. The Bertz CT molecular complexity index is 134. The van der Waals surface area contributed by atoms with E-state index in [9.17, 15) is 5.11 Å². The standard InChI is InChI=1S/C10H21NO/c1-7(2)11-10-6-9(12)5-4-8(10)3/h7-12H,4-6H2,1-3H3. The van der Waals surface area contributed by atoms with E-state index >= 15 is 0 Å². The van der Waals surface area contributed by atoms with Gasteiger partial charge in [-0.15, -0.1) is 0 Å². The number of hydrogen-bond acceptors (Lipinski definition) is 2. The molecule has 3 unspecified atom stereocenters. The zero-order valence-corrected chi connectivity index (χ0v) is 8.38. The second-order valence-corrected chi connectivity index (χ2v) is 4.37. The molecular weight excluding hydrogens is 150 g/mol. The monoisotopic (exact) mass is 171 g/mol. The smallest absolute Gasteiger partial charge is 0.0555 e. The summed E-state index contributed by atoms with van der Waals surface area (Å²) in [5, 5.41) is 13.0. The van der Waals surface area contributed by atoms with Crippen molar-refractivity contribution >= 4 is 0 Å². The maximum absolute atomic E-state index is 9.47. The van der Waals surface area contributed by atoms with Crippen molar-refractivity contribution in [2.24, 2.45) is 5.92 Å². The number of aliphatic hydroxyl groups excluding tert-OH is 1. The number of aliphatic hydroxyl groups is 1. The average molecular weight is 171 g/mol. The van der Waals surface area contributed by atoms with E-state index in [0.717, 1.165) is 25.2 Å². The van der Waals surface area contributed by atoms with Crippen molar-refractivity contribution in [3.05, 3.63) is 0 Å². The van der Waals surface area contributed by atoms with Crippen LogP contribution in [-0.2, 0) is 0 Å². The molecule has 12 heavy (non-hydrogen) atoms. The van der Waals surface area contributed by atoms with Gasteiger partial charge in [0, 0.05) is 12.1 Å². The van der Waals surface area contributed by atoms with Gasteiger partial charge in [0.05, 0.1) is 6.10 Å².